The fraction of sp³-hybridized carbons (Fsp3) is 0.364. The number of hydrogen-bond acceptors (Lipinski definition) is 8. The van der Waals surface area contributed by atoms with Gasteiger partial charge in [-0.15, -0.1) is 0 Å². The van der Waals surface area contributed by atoms with Crippen LogP contribution in [0.25, 0.3) is 0 Å². The Morgan fingerprint density at radius 1 is 1.00 bits per heavy atom. The zero-order chi connectivity index (χ0) is 24.7. The quantitative estimate of drug-likeness (QED) is 0.372. The van der Waals surface area contributed by atoms with Gasteiger partial charge in [0.1, 0.15) is 5.75 Å². The summed E-state index contributed by atoms with van der Waals surface area (Å²) in [5, 5.41) is 4.01. The van der Waals surface area contributed by atoms with Crippen molar-refractivity contribution in [3.63, 3.8) is 0 Å². The molecular weight excluding hydrogens is 528 g/mol. The molecule has 0 bridgehead atoms. The van der Waals surface area contributed by atoms with Gasteiger partial charge in [0.25, 0.3) is 5.91 Å². The van der Waals surface area contributed by atoms with Crippen molar-refractivity contribution in [2.24, 2.45) is 5.10 Å². The fourth-order valence-corrected chi connectivity index (χ4v) is 5.14. The van der Waals surface area contributed by atoms with Crippen LogP contribution in [0.15, 0.2) is 50.9 Å². The highest BCUT2D eigenvalue weighted by atomic mass is 79.9. The molecule has 10 nitrogen and oxygen atoms in total. The minimum Gasteiger partial charge on any atom is -0.496 e. The molecule has 0 saturated carbocycles. The van der Waals surface area contributed by atoms with Gasteiger partial charge in [-0.05, 0) is 30.3 Å². The molecule has 1 aliphatic rings. The number of ether oxygens (including phenoxy) is 3. The van der Waals surface area contributed by atoms with E-state index < -0.39 is 10.0 Å². The van der Waals surface area contributed by atoms with Crippen molar-refractivity contribution in [2.75, 3.05) is 54.1 Å². The van der Waals surface area contributed by atoms with E-state index in [4.69, 9.17) is 14.2 Å². The first-order chi connectivity index (χ1) is 16.3. The number of hydrogen-bond donors (Lipinski definition) is 1. The van der Waals surface area contributed by atoms with Crippen LogP contribution >= 0.6 is 15.9 Å². The predicted molar refractivity (Wildman–Crippen MR) is 131 cm³/mol. The van der Waals surface area contributed by atoms with Crippen molar-refractivity contribution in [1.29, 1.82) is 0 Å². The molecule has 1 aliphatic heterocycles. The lowest BCUT2D eigenvalue weighted by Crippen LogP contribution is -2.50. The molecule has 2 aromatic rings. The number of amides is 1. The molecule has 1 amide bonds. The van der Waals surface area contributed by atoms with E-state index in [2.05, 4.69) is 26.5 Å². The number of carbonyl (C=O) groups excluding carboxylic acids is 1. The summed E-state index contributed by atoms with van der Waals surface area (Å²) in [5.74, 6) is 1.23. The van der Waals surface area contributed by atoms with E-state index in [1.54, 1.807) is 36.4 Å². The van der Waals surface area contributed by atoms with E-state index in [1.165, 1.54) is 31.8 Å². The van der Waals surface area contributed by atoms with Crippen LogP contribution in [0.1, 0.15) is 5.56 Å². The number of piperazine rings is 1. The van der Waals surface area contributed by atoms with Gasteiger partial charge in [0.15, 0.2) is 11.5 Å². The van der Waals surface area contributed by atoms with E-state index >= 15 is 0 Å². The van der Waals surface area contributed by atoms with Gasteiger partial charge in [0.05, 0.1) is 39.0 Å². The molecule has 0 radical (unpaired) electrons. The predicted octanol–water partition coefficient (Wildman–Crippen LogP) is 1.93. The molecule has 1 fully saturated rings. The summed E-state index contributed by atoms with van der Waals surface area (Å²) < 4.78 is 43.7. The average Bonchev–Trinajstić information content (AvgIpc) is 2.84. The topological polar surface area (TPSA) is 110 Å². The van der Waals surface area contributed by atoms with E-state index in [-0.39, 0.29) is 17.3 Å². The van der Waals surface area contributed by atoms with E-state index in [0.717, 1.165) is 4.47 Å². The maximum absolute atomic E-state index is 12.8. The van der Waals surface area contributed by atoms with E-state index in [9.17, 15) is 13.2 Å². The number of nitrogens with one attached hydrogen (secondary N) is 1. The molecule has 1 heterocycles. The minimum absolute atomic E-state index is 0.104. The third kappa shape index (κ3) is 6.26. The van der Waals surface area contributed by atoms with Crippen molar-refractivity contribution in [2.45, 2.75) is 4.90 Å². The van der Waals surface area contributed by atoms with E-state index in [0.29, 0.717) is 49.0 Å². The highest BCUT2D eigenvalue weighted by molar-refractivity contribution is 9.10. The Hall–Kier alpha value is -2.67. The molecule has 1 N–H and O–H groups in total. The summed E-state index contributed by atoms with van der Waals surface area (Å²) in [6, 6.07) is 9.91. The van der Waals surface area contributed by atoms with Crippen LogP contribution < -0.4 is 19.6 Å². The Bertz CT molecular complexity index is 1130. The lowest BCUT2D eigenvalue weighted by atomic mass is 10.2. The zero-order valence-electron chi connectivity index (χ0n) is 19.2. The maximum Gasteiger partial charge on any atom is 0.254 e. The lowest BCUT2D eigenvalue weighted by Gasteiger charge is -2.33. The Kier molecular flexibility index (Phi) is 8.89. The van der Waals surface area contributed by atoms with Gasteiger partial charge in [-0.3, -0.25) is 9.69 Å². The first kappa shape index (κ1) is 25.9. The lowest BCUT2D eigenvalue weighted by molar-refractivity contribution is -0.122. The monoisotopic (exact) mass is 554 g/mol. The highest BCUT2D eigenvalue weighted by Gasteiger charge is 2.29. The standard InChI is InChI=1S/C22H27BrN4O6S/c1-31-19-13-21(33-3)20(32-2)12-16(19)14-24-25-22(28)15-26-8-10-27(11-9-26)34(29,30)18-6-4-17(23)5-7-18/h4-7,12-14H,8-11,15H2,1-3H3,(H,25,28)/b24-14+. The highest BCUT2D eigenvalue weighted by Crippen LogP contribution is 2.33. The fourth-order valence-electron chi connectivity index (χ4n) is 3.45. The van der Waals surface area contributed by atoms with Crippen LogP contribution in [0.5, 0.6) is 17.2 Å². The Balaban J connectivity index is 1.53. The molecule has 34 heavy (non-hydrogen) atoms. The van der Waals surface area contributed by atoms with Gasteiger partial charge in [0, 0.05) is 42.3 Å². The number of benzene rings is 2. The van der Waals surface area contributed by atoms with Gasteiger partial charge < -0.3 is 14.2 Å². The normalized spacial score (nSPS) is 15.3. The second-order valence-corrected chi connectivity index (χ2v) is 10.2. The van der Waals surface area contributed by atoms with Crippen LogP contribution in [0.3, 0.4) is 0 Å². The molecule has 12 heteroatoms. The molecule has 2 aromatic carbocycles. The van der Waals surface area contributed by atoms with Crippen molar-refractivity contribution >= 4 is 38.1 Å². The summed E-state index contributed by atoms with van der Waals surface area (Å²) >= 11 is 3.31. The summed E-state index contributed by atoms with van der Waals surface area (Å²) in [5.41, 5.74) is 3.10. The van der Waals surface area contributed by atoms with Gasteiger partial charge in [-0.25, -0.2) is 13.8 Å². The van der Waals surface area contributed by atoms with Crippen LogP contribution in [-0.4, -0.2) is 83.8 Å². The molecule has 3 rings (SSSR count). The molecule has 0 atom stereocenters. The number of rotatable bonds is 9. The summed E-state index contributed by atoms with van der Waals surface area (Å²) in [7, 11) is 1.01. The van der Waals surface area contributed by atoms with Crippen LogP contribution in [-0.2, 0) is 14.8 Å². The zero-order valence-corrected chi connectivity index (χ0v) is 21.6. The minimum atomic E-state index is -3.56. The van der Waals surface area contributed by atoms with Crippen molar-refractivity contribution in [3.8, 4) is 17.2 Å². The number of halogens is 1. The second kappa shape index (κ2) is 11.6. The molecule has 0 aromatic heterocycles. The summed E-state index contributed by atoms with van der Waals surface area (Å²) in [6.45, 7) is 1.59. The summed E-state index contributed by atoms with van der Waals surface area (Å²) in [4.78, 5) is 14.5. The summed E-state index contributed by atoms with van der Waals surface area (Å²) in [6.07, 6.45) is 1.46. The molecule has 1 saturated heterocycles. The van der Waals surface area contributed by atoms with Crippen molar-refractivity contribution in [3.05, 3.63) is 46.4 Å². The maximum atomic E-state index is 12.8. The van der Waals surface area contributed by atoms with Gasteiger partial charge in [0.2, 0.25) is 10.0 Å². The first-order valence-electron chi connectivity index (χ1n) is 10.4. The van der Waals surface area contributed by atoms with Gasteiger partial charge >= 0.3 is 0 Å². The number of carbonyl (C=O) groups is 1. The second-order valence-electron chi connectivity index (χ2n) is 7.38. The molecule has 184 valence electrons. The van der Waals surface area contributed by atoms with Crippen LogP contribution in [0, 0.1) is 0 Å². The number of methoxy groups -OCH3 is 3. The van der Waals surface area contributed by atoms with Crippen LogP contribution in [0.2, 0.25) is 0 Å². The SMILES string of the molecule is COc1cc(OC)c(OC)cc1/C=N/NC(=O)CN1CCN(S(=O)(=O)c2ccc(Br)cc2)CC1. The smallest absolute Gasteiger partial charge is 0.254 e. The largest absolute Gasteiger partial charge is 0.496 e. The Morgan fingerprint density at radius 3 is 2.18 bits per heavy atom. The third-order valence-electron chi connectivity index (χ3n) is 5.28. The van der Waals surface area contributed by atoms with E-state index in [1.807, 2.05) is 4.90 Å². The van der Waals surface area contributed by atoms with Crippen molar-refractivity contribution in [1.82, 2.24) is 14.6 Å². The average molecular weight is 555 g/mol. The number of sulfonamides is 1. The Labute approximate surface area is 207 Å². The van der Waals surface area contributed by atoms with Gasteiger partial charge in [-0.2, -0.15) is 9.41 Å². The first-order valence-corrected chi connectivity index (χ1v) is 12.6. The molecule has 0 aliphatic carbocycles. The molecule has 0 unspecified atom stereocenters. The van der Waals surface area contributed by atoms with Crippen molar-refractivity contribution < 1.29 is 27.4 Å². The van der Waals surface area contributed by atoms with Gasteiger partial charge in [-0.1, -0.05) is 15.9 Å². The Morgan fingerprint density at radius 2 is 1.59 bits per heavy atom. The van der Waals surface area contributed by atoms with Crippen LogP contribution in [0.4, 0.5) is 0 Å². The molecule has 0 spiro atoms. The molecular formula is C22H27BrN4O6S. The number of nitrogens with zero attached hydrogens (tertiary/aromatic N) is 3. The number of hydrazone groups is 1. The third-order valence-corrected chi connectivity index (χ3v) is 7.72.